The van der Waals surface area contributed by atoms with Crippen molar-refractivity contribution in [1.82, 2.24) is 5.32 Å². The van der Waals surface area contributed by atoms with Gasteiger partial charge >= 0.3 is 5.97 Å². The van der Waals surface area contributed by atoms with Gasteiger partial charge in [0.25, 0.3) is 0 Å². The SMILES string of the molecule is CC(C)(C)OC(=O)[C@@H]1C[C@@H]2OCC[C@@H]2N1. The Morgan fingerprint density at radius 1 is 1.47 bits per heavy atom. The highest BCUT2D eigenvalue weighted by Crippen LogP contribution is 2.26. The molecule has 0 amide bonds. The maximum Gasteiger partial charge on any atom is 0.323 e. The zero-order valence-corrected chi connectivity index (χ0v) is 9.58. The number of hydrogen-bond acceptors (Lipinski definition) is 4. The van der Waals surface area contributed by atoms with E-state index in [2.05, 4.69) is 5.32 Å². The summed E-state index contributed by atoms with van der Waals surface area (Å²) in [5.74, 6) is -0.152. The topological polar surface area (TPSA) is 47.6 Å². The Bertz CT molecular complexity index is 247. The van der Waals surface area contributed by atoms with Crippen molar-refractivity contribution >= 4 is 5.97 Å². The summed E-state index contributed by atoms with van der Waals surface area (Å²) in [6, 6.07) is 0.169. The van der Waals surface area contributed by atoms with Gasteiger partial charge in [-0.3, -0.25) is 10.1 Å². The van der Waals surface area contributed by atoms with E-state index in [-0.39, 0.29) is 18.1 Å². The molecule has 0 aliphatic carbocycles. The number of esters is 1. The number of carbonyl (C=O) groups is 1. The Labute approximate surface area is 90.3 Å². The molecule has 2 saturated heterocycles. The lowest BCUT2D eigenvalue weighted by molar-refractivity contribution is -0.157. The molecular weight excluding hydrogens is 194 g/mol. The maximum atomic E-state index is 11.8. The molecule has 0 aromatic rings. The Morgan fingerprint density at radius 2 is 2.20 bits per heavy atom. The summed E-state index contributed by atoms with van der Waals surface area (Å²) in [5, 5.41) is 3.28. The number of carbonyl (C=O) groups excluding carboxylic acids is 1. The van der Waals surface area contributed by atoms with Crippen LogP contribution < -0.4 is 5.32 Å². The van der Waals surface area contributed by atoms with Crippen molar-refractivity contribution in [2.24, 2.45) is 0 Å². The first-order chi connectivity index (χ1) is 6.96. The highest BCUT2D eigenvalue weighted by Gasteiger charge is 2.42. The fraction of sp³-hybridized carbons (Fsp3) is 0.909. The van der Waals surface area contributed by atoms with Crippen LogP contribution in [-0.2, 0) is 14.3 Å². The molecule has 0 unspecified atom stereocenters. The molecule has 4 nitrogen and oxygen atoms in total. The second kappa shape index (κ2) is 3.76. The summed E-state index contributed by atoms with van der Waals surface area (Å²) < 4.78 is 10.8. The molecule has 0 radical (unpaired) electrons. The van der Waals surface area contributed by atoms with Crippen molar-refractivity contribution in [1.29, 1.82) is 0 Å². The molecule has 1 N–H and O–H groups in total. The molecule has 0 saturated carbocycles. The molecule has 2 fully saturated rings. The molecular formula is C11H19NO3. The molecule has 2 aliphatic heterocycles. The fourth-order valence-corrected chi connectivity index (χ4v) is 2.17. The van der Waals surface area contributed by atoms with E-state index in [4.69, 9.17) is 9.47 Å². The van der Waals surface area contributed by atoms with Gasteiger partial charge in [-0.15, -0.1) is 0 Å². The van der Waals surface area contributed by atoms with Crippen molar-refractivity contribution in [3.63, 3.8) is 0 Å². The molecule has 86 valence electrons. The third-order valence-corrected chi connectivity index (χ3v) is 2.78. The van der Waals surface area contributed by atoms with E-state index >= 15 is 0 Å². The van der Waals surface area contributed by atoms with Gasteiger partial charge in [0.05, 0.1) is 6.10 Å². The third-order valence-electron chi connectivity index (χ3n) is 2.78. The van der Waals surface area contributed by atoms with Crippen LogP contribution in [0.5, 0.6) is 0 Å². The monoisotopic (exact) mass is 213 g/mol. The van der Waals surface area contributed by atoms with Crippen LogP contribution in [0.3, 0.4) is 0 Å². The summed E-state index contributed by atoms with van der Waals surface area (Å²) in [4.78, 5) is 11.8. The minimum absolute atomic E-state index is 0.152. The highest BCUT2D eigenvalue weighted by atomic mass is 16.6. The zero-order valence-electron chi connectivity index (χ0n) is 9.58. The van der Waals surface area contributed by atoms with Crippen LogP contribution in [-0.4, -0.2) is 36.4 Å². The smallest absolute Gasteiger partial charge is 0.323 e. The van der Waals surface area contributed by atoms with Crippen LogP contribution in [0.25, 0.3) is 0 Å². The second-order valence-corrected chi connectivity index (χ2v) is 5.29. The van der Waals surface area contributed by atoms with Crippen LogP contribution in [0.15, 0.2) is 0 Å². The van der Waals surface area contributed by atoms with Crippen LogP contribution in [0.1, 0.15) is 33.6 Å². The second-order valence-electron chi connectivity index (χ2n) is 5.29. The molecule has 0 spiro atoms. The molecule has 2 rings (SSSR count). The van der Waals surface area contributed by atoms with Crippen molar-refractivity contribution in [2.75, 3.05) is 6.61 Å². The average Bonchev–Trinajstić information content (AvgIpc) is 2.56. The van der Waals surface area contributed by atoms with Crippen LogP contribution in [0.4, 0.5) is 0 Å². The van der Waals surface area contributed by atoms with Gasteiger partial charge in [-0.05, 0) is 27.2 Å². The van der Waals surface area contributed by atoms with Crippen molar-refractivity contribution in [3.8, 4) is 0 Å². The predicted molar refractivity (Wildman–Crippen MR) is 55.5 cm³/mol. The van der Waals surface area contributed by atoms with E-state index in [9.17, 15) is 4.79 Å². The number of rotatable bonds is 1. The molecule has 0 aromatic carbocycles. The van der Waals surface area contributed by atoms with Crippen LogP contribution in [0, 0.1) is 0 Å². The van der Waals surface area contributed by atoms with Gasteiger partial charge in [0.1, 0.15) is 11.6 Å². The van der Waals surface area contributed by atoms with Gasteiger partial charge in [0.15, 0.2) is 0 Å². The standard InChI is InChI=1S/C11H19NO3/c1-11(2,3)15-10(13)8-6-9-7(12-8)4-5-14-9/h7-9,12H,4-6H2,1-3H3/t7-,8-,9-/m0/s1. The summed E-state index contributed by atoms with van der Waals surface area (Å²) in [7, 11) is 0. The van der Waals surface area contributed by atoms with Gasteiger partial charge in [-0.1, -0.05) is 0 Å². The Morgan fingerprint density at radius 3 is 2.80 bits per heavy atom. The molecule has 0 bridgehead atoms. The Kier molecular flexibility index (Phi) is 2.73. The lowest BCUT2D eigenvalue weighted by Crippen LogP contribution is -2.40. The fourth-order valence-electron chi connectivity index (χ4n) is 2.17. The maximum absolute atomic E-state index is 11.8. The van der Waals surface area contributed by atoms with Gasteiger partial charge in [-0.2, -0.15) is 0 Å². The number of hydrogen-bond donors (Lipinski definition) is 1. The first-order valence-corrected chi connectivity index (χ1v) is 5.56. The minimum atomic E-state index is -0.405. The summed E-state index contributed by atoms with van der Waals surface area (Å²) in [6.07, 6.45) is 1.96. The largest absolute Gasteiger partial charge is 0.459 e. The molecule has 3 atom stereocenters. The number of fused-ring (bicyclic) bond motifs is 1. The summed E-state index contributed by atoms with van der Waals surface area (Å²) in [5.41, 5.74) is -0.405. The molecule has 2 heterocycles. The van der Waals surface area contributed by atoms with E-state index < -0.39 is 5.60 Å². The first-order valence-electron chi connectivity index (χ1n) is 5.56. The Hall–Kier alpha value is -0.610. The van der Waals surface area contributed by atoms with Gasteiger partial charge in [-0.25, -0.2) is 0 Å². The van der Waals surface area contributed by atoms with Crippen LogP contribution >= 0.6 is 0 Å². The number of nitrogens with one attached hydrogen (secondary N) is 1. The molecule has 2 aliphatic rings. The first kappa shape index (κ1) is 10.9. The van der Waals surface area contributed by atoms with E-state index in [0.717, 1.165) is 19.4 Å². The van der Waals surface area contributed by atoms with E-state index in [1.165, 1.54) is 0 Å². The summed E-state index contributed by atoms with van der Waals surface area (Å²) >= 11 is 0. The van der Waals surface area contributed by atoms with E-state index in [1.54, 1.807) is 0 Å². The molecule has 15 heavy (non-hydrogen) atoms. The van der Waals surface area contributed by atoms with E-state index in [0.29, 0.717) is 6.04 Å². The minimum Gasteiger partial charge on any atom is -0.459 e. The van der Waals surface area contributed by atoms with Crippen molar-refractivity contribution in [2.45, 2.75) is 57.4 Å². The third kappa shape index (κ3) is 2.49. The van der Waals surface area contributed by atoms with Gasteiger partial charge < -0.3 is 9.47 Å². The summed E-state index contributed by atoms with van der Waals surface area (Å²) in [6.45, 7) is 6.47. The average molecular weight is 213 g/mol. The zero-order chi connectivity index (χ0) is 11.1. The van der Waals surface area contributed by atoms with Gasteiger partial charge in [0, 0.05) is 19.1 Å². The lowest BCUT2D eigenvalue weighted by atomic mass is 10.1. The normalized spacial score (nSPS) is 35.3. The molecule has 4 heteroatoms. The van der Waals surface area contributed by atoms with E-state index in [1.807, 2.05) is 20.8 Å². The molecule has 0 aromatic heterocycles. The quantitative estimate of drug-likeness (QED) is 0.656. The van der Waals surface area contributed by atoms with Crippen molar-refractivity contribution < 1.29 is 14.3 Å². The van der Waals surface area contributed by atoms with Crippen LogP contribution in [0.2, 0.25) is 0 Å². The van der Waals surface area contributed by atoms with Gasteiger partial charge in [0.2, 0.25) is 0 Å². The number of ether oxygens (including phenoxy) is 2. The highest BCUT2D eigenvalue weighted by molar-refractivity contribution is 5.76. The predicted octanol–water partition coefficient (Wildman–Crippen LogP) is 0.847. The van der Waals surface area contributed by atoms with Crippen molar-refractivity contribution in [3.05, 3.63) is 0 Å². The Balaban J connectivity index is 1.88. The lowest BCUT2D eigenvalue weighted by Gasteiger charge is -2.22.